The lowest BCUT2D eigenvalue weighted by atomic mass is 10.0. The summed E-state index contributed by atoms with van der Waals surface area (Å²) in [4.78, 5) is 0. The summed E-state index contributed by atoms with van der Waals surface area (Å²) in [5, 5.41) is 18.3. The predicted octanol–water partition coefficient (Wildman–Crippen LogP) is 0.837. The molecule has 0 radical (unpaired) electrons. The summed E-state index contributed by atoms with van der Waals surface area (Å²) >= 11 is 0. The summed E-state index contributed by atoms with van der Waals surface area (Å²) < 4.78 is 0. The van der Waals surface area contributed by atoms with Crippen LogP contribution in [0.2, 0.25) is 0 Å². The number of phenols is 2. The van der Waals surface area contributed by atoms with Gasteiger partial charge in [0, 0.05) is 6.04 Å². The standard InChI is InChI=1S/C10H16N2O2/c11-5-1-2-8(12)7-3-4-9(13)10(14)6-7/h3-4,6,8,13-14H,1-2,5,11-12H2/t8-/m0/s1. The lowest BCUT2D eigenvalue weighted by Gasteiger charge is -2.11. The van der Waals surface area contributed by atoms with Crippen LogP contribution in [0.4, 0.5) is 0 Å². The molecule has 0 heterocycles. The van der Waals surface area contributed by atoms with Crippen LogP contribution in [-0.2, 0) is 0 Å². The second kappa shape index (κ2) is 4.83. The summed E-state index contributed by atoms with van der Waals surface area (Å²) in [6, 6.07) is 4.49. The minimum absolute atomic E-state index is 0.125. The van der Waals surface area contributed by atoms with Crippen molar-refractivity contribution in [2.45, 2.75) is 18.9 Å². The van der Waals surface area contributed by atoms with Crippen LogP contribution in [0.1, 0.15) is 24.4 Å². The Balaban J connectivity index is 2.70. The summed E-state index contributed by atoms with van der Waals surface area (Å²) in [5.41, 5.74) is 12.0. The first-order valence-corrected chi connectivity index (χ1v) is 4.62. The third-order valence-corrected chi connectivity index (χ3v) is 2.15. The molecule has 4 nitrogen and oxygen atoms in total. The fraction of sp³-hybridized carbons (Fsp3) is 0.400. The Bertz CT molecular complexity index is 302. The number of phenolic OH excluding ortho intramolecular Hbond substituents is 2. The van der Waals surface area contributed by atoms with Crippen molar-refractivity contribution in [3.05, 3.63) is 23.8 Å². The van der Waals surface area contributed by atoms with E-state index in [0.717, 1.165) is 18.4 Å². The van der Waals surface area contributed by atoms with E-state index in [4.69, 9.17) is 16.6 Å². The third kappa shape index (κ3) is 2.61. The zero-order chi connectivity index (χ0) is 10.6. The Kier molecular flexibility index (Phi) is 3.73. The minimum atomic E-state index is -0.134. The monoisotopic (exact) mass is 196 g/mol. The van der Waals surface area contributed by atoms with Crippen molar-refractivity contribution in [1.82, 2.24) is 0 Å². The van der Waals surface area contributed by atoms with Gasteiger partial charge in [-0.2, -0.15) is 0 Å². The van der Waals surface area contributed by atoms with Crippen LogP contribution in [0.25, 0.3) is 0 Å². The molecule has 14 heavy (non-hydrogen) atoms. The lowest BCUT2D eigenvalue weighted by molar-refractivity contribution is 0.402. The molecule has 0 aliphatic rings. The fourth-order valence-electron chi connectivity index (χ4n) is 1.28. The van der Waals surface area contributed by atoms with Crippen molar-refractivity contribution in [2.24, 2.45) is 11.5 Å². The number of rotatable bonds is 4. The van der Waals surface area contributed by atoms with Gasteiger partial charge in [-0.15, -0.1) is 0 Å². The smallest absolute Gasteiger partial charge is 0.157 e. The van der Waals surface area contributed by atoms with Gasteiger partial charge in [0.15, 0.2) is 11.5 Å². The SMILES string of the molecule is NCCC[C@H](N)c1ccc(O)c(O)c1. The van der Waals surface area contributed by atoms with E-state index in [9.17, 15) is 5.11 Å². The molecular weight excluding hydrogens is 180 g/mol. The second-order valence-corrected chi connectivity index (χ2v) is 3.29. The Labute approximate surface area is 83.2 Å². The zero-order valence-corrected chi connectivity index (χ0v) is 7.98. The topological polar surface area (TPSA) is 92.5 Å². The van der Waals surface area contributed by atoms with E-state index in [-0.39, 0.29) is 17.5 Å². The Morgan fingerprint density at radius 2 is 1.93 bits per heavy atom. The number of aromatic hydroxyl groups is 2. The van der Waals surface area contributed by atoms with Gasteiger partial charge in [0.05, 0.1) is 0 Å². The molecule has 4 heteroatoms. The van der Waals surface area contributed by atoms with Gasteiger partial charge in [-0.05, 0) is 37.1 Å². The molecule has 0 saturated heterocycles. The van der Waals surface area contributed by atoms with E-state index in [1.54, 1.807) is 6.07 Å². The molecule has 0 aromatic heterocycles. The second-order valence-electron chi connectivity index (χ2n) is 3.29. The Hall–Kier alpha value is -1.26. The van der Waals surface area contributed by atoms with E-state index in [1.165, 1.54) is 12.1 Å². The number of hydrogen-bond donors (Lipinski definition) is 4. The van der Waals surface area contributed by atoms with Crippen molar-refractivity contribution in [3.8, 4) is 11.5 Å². The molecule has 0 aliphatic carbocycles. The van der Waals surface area contributed by atoms with E-state index in [1.807, 2.05) is 0 Å². The zero-order valence-electron chi connectivity index (χ0n) is 7.98. The molecule has 0 unspecified atom stereocenters. The molecule has 0 fully saturated rings. The highest BCUT2D eigenvalue weighted by Crippen LogP contribution is 2.28. The maximum atomic E-state index is 9.24. The summed E-state index contributed by atoms with van der Waals surface area (Å²) in [5.74, 6) is -0.259. The number of hydrogen-bond acceptors (Lipinski definition) is 4. The van der Waals surface area contributed by atoms with E-state index in [2.05, 4.69) is 0 Å². The van der Waals surface area contributed by atoms with Crippen LogP contribution in [-0.4, -0.2) is 16.8 Å². The Morgan fingerprint density at radius 1 is 1.21 bits per heavy atom. The molecule has 0 amide bonds. The van der Waals surface area contributed by atoms with Crippen LogP contribution in [0.3, 0.4) is 0 Å². The third-order valence-electron chi connectivity index (χ3n) is 2.15. The molecular formula is C10H16N2O2. The molecule has 1 aromatic carbocycles. The van der Waals surface area contributed by atoms with E-state index in [0.29, 0.717) is 6.54 Å². The molecule has 1 aromatic rings. The number of benzene rings is 1. The average Bonchev–Trinajstić information content (AvgIpc) is 2.18. The summed E-state index contributed by atoms with van der Waals surface area (Å²) in [7, 11) is 0. The van der Waals surface area contributed by atoms with Gasteiger partial charge in [0.2, 0.25) is 0 Å². The van der Waals surface area contributed by atoms with Crippen molar-refractivity contribution in [3.63, 3.8) is 0 Å². The minimum Gasteiger partial charge on any atom is -0.504 e. The molecule has 1 rings (SSSR count). The van der Waals surface area contributed by atoms with Crippen LogP contribution >= 0.6 is 0 Å². The number of nitrogens with two attached hydrogens (primary N) is 2. The van der Waals surface area contributed by atoms with Gasteiger partial charge in [-0.1, -0.05) is 6.07 Å². The molecule has 0 saturated carbocycles. The highest BCUT2D eigenvalue weighted by molar-refractivity contribution is 5.41. The van der Waals surface area contributed by atoms with Gasteiger partial charge in [0.25, 0.3) is 0 Å². The summed E-state index contributed by atoms with van der Waals surface area (Å²) in [6.07, 6.45) is 1.63. The molecule has 0 aliphatic heterocycles. The van der Waals surface area contributed by atoms with Gasteiger partial charge >= 0.3 is 0 Å². The maximum Gasteiger partial charge on any atom is 0.157 e. The first-order valence-electron chi connectivity index (χ1n) is 4.62. The maximum absolute atomic E-state index is 9.24. The largest absolute Gasteiger partial charge is 0.504 e. The highest BCUT2D eigenvalue weighted by atomic mass is 16.3. The van der Waals surface area contributed by atoms with Crippen LogP contribution in [0, 0.1) is 0 Å². The normalized spacial score (nSPS) is 12.7. The molecule has 0 bridgehead atoms. The first-order chi connectivity index (χ1) is 6.65. The van der Waals surface area contributed by atoms with Gasteiger partial charge in [-0.3, -0.25) is 0 Å². The first kappa shape index (κ1) is 10.8. The highest BCUT2D eigenvalue weighted by Gasteiger charge is 2.07. The van der Waals surface area contributed by atoms with E-state index >= 15 is 0 Å². The van der Waals surface area contributed by atoms with Crippen LogP contribution in [0.15, 0.2) is 18.2 Å². The fourth-order valence-corrected chi connectivity index (χ4v) is 1.28. The van der Waals surface area contributed by atoms with Crippen molar-refractivity contribution >= 4 is 0 Å². The average molecular weight is 196 g/mol. The van der Waals surface area contributed by atoms with Gasteiger partial charge < -0.3 is 21.7 Å². The van der Waals surface area contributed by atoms with E-state index < -0.39 is 0 Å². The van der Waals surface area contributed by atoms with Crippen molar-refractivity contribution in [2.75, 3.05) is 6.54 Å². The van der Waals surface area contributed by atoms with Gasteiger partial charge in [0.1, 0.15) is 0 Å². The molecule has 1 atom stereocenters. The summed E-state index contributed by atoms with van der Waals surface area (Å²) in [6.45, 7) is 0.609. The van der Waals surface area contributed by atoms with Crippen molar-refractivity contribution in [1.29, 1.82) is 0 Å². The lowest BCUT2D eigenvalue weighted by Crippen LogP contribution is -2.12. The van der Waals surface area contributed by atoms with Gasteiger partial charge in [-0.25, -0.2) is 0 Å². The molecule has 0 spiro atoms. The molecule has 6 N–H and O–H groups in total. The molecule has 78 valence electrons. The quantitative estimate of drug-likeness (QED) is 0.537. The Morgan fingerprint density at radius 3 is 2.50 bits per heavy atom. The van der Waals surface area contributed by atoms with Crippen molar-refractivity contribution < 1.29 is 10.2 Å². The van der Waals surface area contributed by atoms with Crippen LogP contribution in [0.5, 0.6) is 11.5 Å². The predicted molar refractivity (Wildman–Crippen MR) is 55.0 cm³/mol. The van der Waals surface area contributed by atoms with Crippen LogP contribution < -0.4 is 11.5 Å².